The summed E-state index contributed by atoms with van der Waals surface area (Å²) < 4.78 is 27.3. The number of ketones is 1. The number of carbonyl (C=O) groups excluding carboxylic acids is 1. The number of carbonyl (C=O) groups is 1. The zero-order chi connectivity index (χ0) is 14.1. The lowest BCUT2D eigenvalue weighted by Gasteiger charge is -2.02. The molecule has 1 aromatic heterocycles. The van der Waals surface area contributed by atoms with E-state index in [1.54, 1.807) is 5.38 Å². The van der Waals surface area contributed by atoms with Gasteiger partial charge in [0.05, 0.1) is 0 Å². The predicted octanol–water partition coefficient (Wildman–Crippen LogP) is 4.60. The van der Waals surface area contributed by atoms with Crippen LogP contribution in [0.2, 0.25) is 0 Å². The van der Waals surface area contributed by atoms with Gasteiger partial charge in [-0.05, 0) is 23.8 Å². The molecule has 1 heterocycles. The molecule has 0 saturated carbocycles. The normalized spacial score (nSPS) is 10.9. The number of hydrogen-bond acceptors (Lipinski definition) is 2. The van der Waals surface area contributed by atoms with Gasteiger partial charge in [0, 0.05) is 33.5 Å². The molecule has 0 saturated heterocycles. The fraction of sp³-hybridized carbons (Fsp3) is 0.0625. The molecule has 1 nitrogen and oxygen atoms in total. The molecule has 3 rings (SSSR count). The van der Waals surface area contributed by atoms with Crippen LogP contribution in [-0.4, -0.2) is 5.78 Å². The highest BCUT2D eigenvalue weighted by Crippen LogP contribution is 2.26. The number of Topliss-reactive ketones (excluding diaryl/α,β-unsaturated/α-hetero) is 1. The first-order valence-electron chi connectivity index (χ1n) is 6.08. The monoisotopic (exact) mass is 288 g/mol. The van der Waals surface area contributed by atoms with Crippen LogP contribution in [0.1, 0.15) is 15.9 Å². The summed E-state index contributed by atoms with van der Waals surface area (Å²) in [6.45, 7) is 0. The molecule has 0 atom stereocenters. The van der Waals surface area contributed by atoms with Gasteiger partial charge < -0.3 is 0 Å². The van der Waals surface area contributed by atoms with E-state index in [0.717, 1.165) is 16.2 Å². The van der Waals surface area contributed by atoms with Crippen LogP contribution in [0.3, 0.4) is 0 Å². The van der Waals surface area contributed by atoms with Gasteiger partial charge in [-0.3, -0.25) is 4.79 Å². The summed E-state index contributed by atoms with van der Waals surface area (Å²) >= 11 is 1.49. The summed E-state index contributed by atoms with van der Waals surface area (Å²) in [6.07, 6.45) is -0.00456. The zero-order valence-electron chi connectivity index (χ0n) is 10.4. The first kappa shape index (κ1) is 12.9. The van der Waals surface area contributed by atoms with Crippen LogP contribution in [0.4, 0.5) is 8.78 Å². The van der Waals surface area contributed by atoms with E-state index < -0.39 is 11.6 Å². The minimum Gasteiger partial charge on any atom is -0.294 e. The van der Waals surface area contributed by atoms with E-state index in [1.807, 2.05) is 24.3 Å². The predicted molar refractivity (Wildman–Crippen MR) is 76.2 cm³/mol. The Kier molecular flexibility index (Phi) is 3.32. The standard InChI is InChI=1S/C16H10F2OS/c17-11-5-10(6-12(18)8-11)7-15(19)14-9-20-16-4-2-1-3-13(14)16/h1-6,8-9H,7H2. The lowest BCUT2D eigenvalue weighted by Crippen LogP contribution is -2.03. The molecular formula is C16H10F2OS. The Morgan fingerprint density at radius 3 is 2.50 bits per heavy atom. The molecule has 0 radical (unpaired) electrons. The third-order valence-electron chi connectivity index (χ3n) is 3.07. The maximum atomic E-state index is 13.1. The summed E-state index contributed by atoms with van der Waals surface area (Å²) in [5.74, 6) is -1.46. The van der Waals surface area contributed by atoms with Crippen LogP contribution in [0.15, 0.2) is 47.8 Å². The Morgan fingerprint density at radius 1 is 1.05 bits per heavy atom. The van der Waals surface area contributed by atoms with Crippen LogP contribution >= 0.6 is 11.3 Å². The summed E-state index contributed by atoms with van der Waals surface area (Å²) in [7, 11) is 0. The molecule has 0 N–H and O–H groups in total. The van der Waals surface area contributed by atoms with Gasteiger partial charge in [-0.2, -0.15) is 0 Å². The average Bonchev–Trinajstić information content (AvgIpc) is 2.81. The molecule has 0 aliphatic carbocycles. The molecule has 2 aromatic carbocycles. The van der Waals surface area contributed by atoms with E-state index in [0.29, 0.717) is 11.1 Å². The van der Waals surface area contributed by atoms with E-state index in [-0.39, 0.29) is 12.2 Å². The maximum Gasteiger partial charge on any atom is 0.168 e. The molecule has 20 heavy (non-hydrogen) atoms. The first-order valence-corrected chi connectivity index (χ1v) is 6.96. The molecule has 0 unspecified atom stereocenters. The molecule has 0 aliphatic rings. The Hall–Kier alpha value is -2.07. The van der Waals surface area contributed by atoms with Gasteiger partial charge in [-0.25, -0.2) is 8.78 Å². The average molecular weight is 288 g/mol. The lowest BCUT2D eigenvalue weighted by atomic mass is 10.0. The van der Waals surface area contributed by atoms with Gasteiger partial charge in [0.1, 0.15) is 11.6 Å². The van der Waals surface area contributed by atoms with Gasteiger partial charge in [0.2, 0.25) is 0 Å². The summed E-state index contributed by atoms with van der Waals surface area (Å²) in [5.41, 5.74) is 0.957. The molecule has 0 bridgehead atoms. The van der Waals surface area contributed by atoms with Crippen molar-refractivity contribution in [1.82, 2.24) is 0 Å². The topological polar surface area (TPSA) is 17.1 Å². The fourth-order valence-electron chi connectivity index (χ4n) is 2.19. The number of thiophene rings is 1. The van der Waals surface area contributed by atoms with E-state index in [4.69, 9.17) is 0 Å². The smallest absolute Gasteiger partial charge is 0.168 e. The Morgan fingerprint density at radius 2 is 1.75 bits per heavy atom. The van der Waals surface area contributed by atoms with Crippen LogP contribution < -0.4 is 0 Å². The number of fused-ring (bicyclic) bond motifs is 1. The van der Waals surface area contributed by atoms with Crippen LogP contribution in [0.5, 0.6) is 0 Å². The minimum atomic E-state index is -0.664. The fourth-order valence-corrected chi connectivity index (χ4v) is 3.15. The number of hydrogen-bond donors (Lipinski definition) is 0. The Balaban J connectivity index is 1.93. The van der Waals surface area contributed by atoms with Crippen molar-refractivity contribution in [3.05, 3.63) is 70.6 Å². The molecule has 0 fully saturated rings. The summed E-state index contributed by atoms with van der Waals surface area (Å²) in [4.78, 5) is 12.3. The third-order valence-corrected chi connectivity index (χ3v) is 4.03. The third kappa shape index (κ3) is 2.47. The Bertz CT molecular complexity index is 772. The van der Waals surface area contributed by atoms with Crippen LogP contribution in [0, 0.1) is 11.6 Å². The van der Waals surface area contributed by atoms with Crippen LogP contribution in [-0.2, 0) is 6.42 Å². The van der Waals surface area contributed by atoms with Crippen molar-refractivity contribution in [2.24, 2.45) is 0 Å². The highest BCUT2D eigenvalue weighted by atomic mass is 32.1. The zero-order valence-corrected chi connectivity index (χ0v) is 11.2. The highest BCUT2D eigenvalue weighted by molar-refractivity contribution is 7.17. The van der Waals surface area contributed by atoms with Gasteiger partial charge in [-0.15, -0.1) is 11.3 Å². The lowest BCUT2D eigenvalue weighted by molar-refractivity contribution is 0.0995. The minimum absolute atomic E-state index is 0.00456. The highest BCUT2D eigenvalue weighted by Gasteiger charge is 2.13. The van der Waals surface area contributed by atoms with Crippen LogP contribution in [0.25, 0.3) is 10.1 Å². The van der Waals surface area contributed by atoms with E-state index in [1.165, 1.54) is 23.5 Å². The van der Waals surface area contributed by atoms with Crippen molar-refractivity contribution in [3.8, 4) is 0 Å². The Labute approximate surface area is 118 Å². The number of rotatable bonds is 3. The quantitative estimate of drug-likeness (QED) is 0.643. The first-order chi connectivity index (χ1) is 9.63. The molecule has 100 valence electrons. The largest absolute Gasteiger partial charge is 0.294 e. The second kappa shape index (κ2) is 5.13. The van der Waals surface area contributed by atoms with Gasteiger partial charge in [0.25, 0.3) is 0 Å². The molecule has 0 amide bonds. The second-order valence-corrected chi connectivity index (χ2v) is 5.43. The molecule has 4 heteroatoms. The van der Waals surface area contributed by atoms with Gasteiger partial charge >= 0.3 is 0 Å². The van der Waals surface area contributed by atoms with Crippen molar-refractivity contribution in [1.29, 1.82) is 0 Å². The summed E-state index contributed by atoms with van der Waals surface area (Å²) in [6, 6.07) is 10.8. The van der Waals surface area contributed by atoms with Crippen molar-refractivity contribution in [3.63, 3.8) is 0 Å². The van der Waals surface area contributed by atoms with E-state index >= 15 is 0 Å². The number of halogens is 2. The second-order valence-electron chi connectivity index (χ2n) is 4.52. The SMILES string of the molecule is O=C(Cc1cc(F)cc(F)c1)c1csc2ccccc12. The van der Waals surface area contributed by atoms with Crippen molar-refractivity contribution in [2.75, 3.05) is 0 Å². The molecule has 0 aliphatic heterocycles. The van der Waals surface area contributed by atoms with Gasteiger partial charge in [0.15, 0.2) is 5.78 Å². The number of benzene rings is 2. The molecule has 3 aromatic rings. The van der Waals surface area contributed by atoms with Crippen molar-refractivity contribution >= 4 is 27.2 Å². The van der Waals surface area contributed by atoms with E-state index in [9.17, 15) is 13.6 Å². The van der Waals surface area contributed by atoms with E-state index in [2.05, 4.69) is 0 Å². The summed E-state index contributed by atoms with van der Waals surface area (Å²) in [5, 5.41) is 2.68. The maximum absolute atomic E-state index is 13.1. The molecular weight excluding hydrogens is 278 g/mol. The molecule has 0 spiro atoms. The van der Waals surface area contributed by atoms with Crippen molar-refractivity contribution < 1.29 is 13.6 Å². The van der Waals surface area contributed by atoms with Crippen molar-refractivity contribution in [2.45, 2.75) is 6.42 Å². The van der Waals surface area contributed by atoms with Gasteiger partial charge in [-0.1, -0.05) is 18.2 Å².